The Morgan fingerprint density at radius 3 is 2.05 bits per heavy atom. The molecule has 0 aliphatic carbocycles. The molecule has 3 heteroatoms. The van der Waals surface area contributed by atoms with Crippen molar-refractivity contribution >= 4 is 13.6 Å². The summed E-state index contributed by atoms with van der Waals surface area (Å²) in [7, 11) is -1.41. The largest absolute Gasteiger partial charge is 0.327 e. The molecule has 0 amide bonds. The van der Waals surface area contributed by atoms with Crippen molar-refractivity contribution in [3.63, 3.8) is 0 Å². The van der Waals surface area contributed by atoms with Crippen LogP contribution in [0.15, 0.2) is 12.1 Å². The van der Waals surface area contributed by atoms with Crippen molar-refractivity contribution < 1.29 is 9.36 Å². The van der Waals surface area contributed by atoms with E-state index in [-0.39, 0.29) is 5.78 Å². The molecule has 0 N–H and O–H groups in total. The van der Waals surface area contributed by atoms with Crippen LogP contribution >= 0.6 is 7.80 Å². The van der Waals surface area contributed by atoms with Crippen LogP contribution in [0.2, 0.25) is 0 Å². The van der Waals surface area contributed by atoms with E-state index in [1.54, 1.807) is 0 Å². The van der Waals surface area contributed by atoms with E-state index >= 15 is 0 Å². The quantitative estimate of drug-likeness (QED) is 0.314. The lowest BCUT2D eigenvalue weighted by Crippen LogP contribution is -2.05. The number of carbonyl (C=O) groups is 1. The van der Waals surface area contributed by atoms with Gasteiger partial charge in [-0.3, -0.25) is 4.79 Å². The van der Waals surface area contributed by atoms with Crippen LogP contribution in [0.5, 0.6) is 0 Å². The van der Waals surface area contributed by atoms with Gasteiger partial charge in [-0.05, 0) is 63.5 Å². The lowest BCUT2D eigenvalue weighted by molar-refractivity contribution is 0.0978. The van der Waals surface area contributed by atoms with Crippen molar-refractivity contribution in [2.75, 3.05) is 12.3 Å². The normalized spacial score (nSPS) is 12.4. The first-order valence-electron chi connectivity index (χ1n) is 8.58. The first kappa shape index (κ1) is 19.2. The Labute approximate surface area is 136 Å². The summed E-state index contributed by atoms with van der Waals surface area (Å²) in [6, 6.07) is 4.15. The standard InChI is InChI=1S/C19H31O2P/c1-5-6-8-11-22(21)12-9-7-10-18(20)19-16(3)13-15(2)14-17(19)4/h13-14,22H,5-12H2,1-4H3. The number of unbranched alkanes of at least 4 members (excludes halogenated alkanes) is 3. The van der Waals surface area contributed by atoms with Crippen molar-refractivity contribution in [3.8, 4) is 0 Å². The van der Waals surface area contributed by atoms with Crippen LogP contribution in [0.4, 0.5) is 0 Å². The van der Waals surface area contributed by atoms with Crippen LogP contribution in [0, 0.1) is 20.8 Å². The summed E-state index contributed by atoms with van der Waals surface area (Å²) in [5, 5.41) is 0. The molecule has 124 valence electrons. The zero-order chi connectivity index (χ0) is 16.5. The maximum atomic E-state index is 12.4. The van der Waals surface area contributed by atoms with E-state index in [1.807, 2.05) is 13.8 Å². The summed E-state index contributed by atoms with van der Waals surface area (Å²) in [6.45, 7) is 8.25. The van der Waals surface area contributed by atoms with Gasteiger partial charge in [0.1, 0.15) is 0 Å². The molecule has 22 heavy (non-hydrogen) atoms. The molecule has 0 saturated carbocycles. The molecule has 0 heterocycles. The summed E-state index contributed by atoms with van der Waals surface area (Å²) in [5.41, 5.74) is 4.25. The second-order valence-corrected chi connectivity index (χ2v) is 8.48. The number of hydrogen-bond donors (Lipinski definition) is 0. The third-order valence-corrected chi connectivity index (χ3v) is 5.95. The molecule has 1 rings (SSSR count). The Balaban J connectivity index is 2.37. The van der Waals surface area contributed by atoms with Crippen molar-refractivity contribution in [1.29, 1.82) is 0 Å². The van der Waals surface area contributed by atoms with Gasteiger partial charge in [-0.25, -0.2) is 0 Å². The molecule has 0 aromatic heterocycles. The van der Waals surface area contributed by atoms with Gasteiger partial charge in [0.15, 0.2) is 5.78 Å². The fraction of sp³-hybridized carbons (Fsp3) is 0.632. The van der Waals surface area contributed by atoms with E-state index in [4.69, 9.17) is 0 Å². The zero-order valence-corrected chi connectivity index (χ0v) is 15.6. The molecule has 0 aliphatic rings. The average molecular weight is 322 g/mol. The highest BCUT2D eigenvalue weighted by molar-refractivity contribution is 7.44. The van der Waals surface area contributed by atoms with Gasteiger partial charge in [-0.2, -0.15) is 0 Å². The number of ketones is 1. The van der Waals surface area contributed by atoms with Crippen molar-refractivity contribution in [1.82, 2.24) is 0 Å². The minimum atomic E-state index is -1.41. The van der Waals surface area contributed by atoms with Crippen molar-refractivity contribution in [3.05, 3.63) is 34.4 Å². The molecule has 0 bridgehead atoms. The summed E-state index contributed by atoms with van der Waals surface area (Å²) in [6.07, 6.45) is 7.51. The molecule has 0 saturated heterocycles. The molecule has 1 atom stereocenters. The van der Waals surface area contributed by atoms with Crippen LogP contribution in [0.25, 0.3) is 0 Å². The van der Waals surface area contributed by atoms with Gasteiger partial charge in [0.25, 0.3) is 0 Å². The van der Waals surface area contributed by atoms with Gasteiger partial charge < -0.3 is 4.57 Å². The number of carbonyl (C=O) groups excluding carboxylic acids is 1. The number of Topliss-reactive ketones (excluding diaryl/α,β-unsaturated/α-hetero) is 1. The second-order valence-electron chi connectivity index (χ2n) is 6.40. The third kappa shape index (κ3) is 6.48. The van der Waals surface area contributed by atoms with Crippen LogP contribution in [-0.4, -0.2) is 18.1 Å². The van der Waals surface area contributed by atoms with E-state index in [0.717, 1.165) is 48.3 Å². The Morgan fingerprint density at radius 1 is 0.955 bits per heavy atom. The molecular formula is C19H31O2P. The Bertz CT molecular complexity index is 497. The van der Waals surface area contributed by atoms with E-state index in [0.29, 0.717) is 6.42 Å². The number of hydrogen-bond acceptors (Lipinski definition) is 2. The van der Waals surface area contributed by atoms with Gasteiger partial charge in [-0.15, -0.1) is 0 Å². The predicted molar refractivity (Wildman–Crippen MR) is 97.1 cm³/mol. The Morgan fingerprint density at radius 2 is 1.50 bits per heavy atom. The fourth-order valence-corrected chi connectivity index (χ4v) is 4.59. The van der Waals surface area contributed by atoms with Crippen LogP contribution in [0.1, 0.15) is 72.5 Å². The molecule has 0 aliphatic heterocycles. The molecule has 0 fully saturated rings. The molecule has 1 aromatic carbocycles. The van der Waals surface area contributed by atoms with Gasteiger partial charge in [0.2, 0.25) is 0 Å². The predicted octanol–water partition coefficient (Wildman–Crippen LogP) is 5.71. The number of rotatable bonds is 10. The summed E-state index contributed by atoms with van der Waals surface area (Å²) >= 11 is 0. The SMILES string of the molecule is CCCCC[PH](=O)CCCCC(=O)c1c(C)cc(C)cc1C. The third-order valence-electron chi connectivity index (χ3n) is 4.12. The van der Waals surface area contributed by atoms with E-state index in [9.17, 15) is 9.36 Å². The maximum absolute atomic E-state index is 12.4. The zero-order valence-electron chi connectivity index (χ0n) is 14.6. The van der Waals surface area contributed by atoms with E-state index in [1.165, 1.54) is 18.4 Å². The smallest absolute Gasteiger partial charge is 0.163 e. The van der Waals surface area contributed by atoms with Gasteiger partial charge >= 0.3 is 0 Å². The number of benzene rings is 1. The van der Waals surface area contributed by atoms with Crippen LogP contribution in [-0.2, 0) is 4.57 Å². The van der Waals surface area contributed by atoms with Gasteiger partial charge in [-0.1, -0.05) is 37.5 Å². The molecule has 1 unspecified atom stereocenters. The van der Waals surface area contributed by atoms with Gasteiger partial charge in [0, 0.05) is 12.0 Å². The molecule has 2 nitrogen and oxygen atoms in total. The molecule has 0 radical (unpaired) electrons. The lowest BCUT2D eigenvalue weighted by Gasteiger charge is -2.10. The minimum absolute atomic E-state index is 0.237. The summed E-state index contributed by atoms with van der Waals surface area (Å²) in [5.74, 6) is 0.237. The fourth-order valence-electron chi connectivity index (χ4n) is 3.05. The first-order chi connectivity index (χ1) is 10.5. The highest BCUT2D eigenvalue weighted by Gasteiger charge is 2.12. The van der Waals surface area contributed by atoms with Crippen LogP contribution < -0.4 is 0 Å². The Kier molecular flexibility index (Phi) is 8.71. The molecular weight excluding hydrogens is 291 g/mol. The topological polar surface area (TPSA) is 34.1 Å². The van der Waals surface area contributed by atoms with Crippen LogP contribution in [0.3, 0.4) is 0 Å². The highest BCUT2D eigenvalue weighted by Crippen LogP contribution is 2.25. The highest BCUT2D eigenvalue weighted by atomic mass is 31.1. The summed E-state index contributed by atoms with van der Waals surface area (Å²) in [4.78, 5) is 12.4. The lowest BCUT2D eigenvalue weighted by atomic mass is 9.94. The summed E-state index contributed by atoms with van der Waals surface area (Å²) < 4.78 is 11.9. The maximum Gasteiger partial charge on any atom is 0.163 e. The van der Waals surface area contributed by atoms with Crippen molar-refractivity contribution in [2.24, 2.45) is 0 Å². The van der Waals surface area contributed by atoms with Gasteiger partial charge in [0.05, 0.1) is 7.80 Å². The average Bonchev–Trinajstić information content (AvgIpc) is 2.42. The molecule has 0 spiro atoms. The minimum Gasteiger partial charge on any atom is -0.327 e. The Hall–Kier alpha value is -0.880. The van der Waals surface area contributed by atoms with E-state index < -0.39 is 7.80 Å². The molecule has 1 aromatic rings. The van der Waals surface area contributed by atoms with E-state index in [2.05, 4.69) is 26.0 Å². The van der Waals surface area contributed by atoms with Crippen molar-refractivity contribution in [2.45, 2.75) is 66.2 Å². The number of aryl methyl sites for hydroxylation is 3. The first-order valence-corrected chi connectivity index (χ1v) is 10.4. The monoisotopic (exact) mass is 322 g/mol. The second kappa shape index (κ2) is 10.0.